The summed E-state index contributed by atoms with van der Waals surface area (Å²) in [6.07, 6.45) is 7.18. The molecular formula is C13H26N2O2. The zero-order valence-corrected chi connectivity index (χ0v) is 11.1. The fraction of sp³-hybridized carbons (Fsp3) is 0.923. The lowest BCUT2D eigenvalue weighted by Crippen LogP contribution is -2.46. The lowest BCUT2D eigenvalue weighted by Gasteiger charge is -2.25. The lowest BCUT2D eigenvalue weighted by molar-refractivity contribution is -0.131. The summed E-state index contributed by atoms with van der Waals surface area (Å²) in [7, 11) is 1.52. The number of methoxy groups -OCH3 is 1. The quantitative estimate of drug-likeness (QED) is 0.717. The van der Waals surface area contributed by atoms with Gasteiger partial charge in [0.05, 0.1) is 0 Å². The highest BCUT2D eigenvalue weighted by atomic mass is 16.5. The Bertz CT molecular complexity index is 221. The highest BCUT2D eigenvalue weighted by Gasteiger charge is 2.23. The second kappa shape index (κ2) is 7.67. The standard InChI is InChI=1S/C13H26N2O2/c1-10(11-7-5-3-4-6-8-11)15-13(16)12(9-14)17-2/h10-12H,3-9,14H2,1-2H3,(H,15,16)/t10-,12?/m1/s1. The van der Waals surface area contributed by atoms with Gasteiger partial charge in [-0.25, -0.2) is 0 Å². The number of hydrogen-bond donors (Lipinski definition) is 2. The van der Waals surface area contributed by atoms with Gasteiger partial charge in [0.25, 0.3) is 5.91 Å². The van der Waals surface area contributed by atoms with Gasteiger partial charge in [-0.05, 0) is 25.7 Å². The largest absolute Gasteiger partial charge is 0.370 e. The van der Waals surface area contributed by atoms with Gasteiger partial charge in [-0.3, -0.25) is 4.79 Å². The van der Waals surface area contributed by atoms with Crippen LogP contribution in [0.3, 0.4) is 0 Å². The molecule has 1 amide bonds. The number of carbonyl (C=O) groups is 1. The molecule has 1 aliphatic carbocycles. The topological polar surface area (TPSA) is 64.3 Å². The number of amides is 1. The minimum Gasteiger partial charge on any atom is -0.370 e. The predicted octanol–water partition coefficient (Wildman–Crippen LogP) is 1.44. The van der Waals surface area contributed by atoms with Gasteiger partial charge in [0.15, 0.2) is 0 Å². The van der Waals surface area contributed by atoms with Crippen molar-refractivity contribution in [2.24, 2.45) is 11.7 Å². The van der Waals surface area contributed by atoms with E-state index in [0.29, 0.717) is 5.92 Å². The maximum absolute atomic E-state index is 11.8. The van der Waals surface area contributed by atoms with E-state index in [-0.39, 0.29) is 18.5 Å². The molecule has 0 spiro atoms. The molecule has 0 aromatic carbocycles. The van der Waals surface area contributed by atoms with Crippen molar-refractivity contribution in [2.45, 2.75) is 57.6 Å². The molecule has 3 N–H and O–H groups in total. The number of nitrogens with one attached hydrogen (secondary N) is 1. The molecule has 17 heavy (non-hydrogen) atoms. The maximum Gasteiger partial charge on any atom is 0.250 e. The van der Waals surface area contributed by atoms with Crippen LogP contribution in [0.4, 0.5) is 0 Å². The molecule has 1 rings (SSSR count). The van der Waals surface area contributed by atoms with Crippen molar-refractivity contribution in [2.75, 3.05) is 13.7 Å². The van der Waals surface area contributed by atoms with Gasteiger partial charge in [-0.15, -0.1) is 0 Å². The molecule has 1 saturated carbocycles. The van der Waals surface area contributed by atoms with Crippen LogP contribution in [-0.2, 0) is 9.53 Å². The van der Waals surface area contributed by atoms with Gasteiger partial charge < -0.3 is 15.8 Å². The highest BCUT2D eigenvalue weighted by Crippen LogP contribution is 2.25. The molecule has 4 nitrogen and oxygen atoms in total. The van der Waals surface area contributed by atoms with Crippen molar-refractivity contribution < 1.29 is 9.53 Å². The average Bonchev–Trinajstić information content (AvgIpc) is 2.59. The van der Waals surface area contributed by atoms with Crippen LogP contribution in [0.15, 0.2) is 0 Å². The van der Waals surface area contributed by atoms with Crippen LogP contribution in [-0.4, -0.2) is 31.7 Å². The molecule has 0 saturated heterocycles. The predicted molar refractivity (Wildman–Crippen MR) is 68.6 cm³/mol. The van der Waals surface area contributed by atoms with Crippen molar-refractivity contribution >= 4 is 5.91 Å². The number of hydrogen-bond acceptors (Lipinski definition) is 3. The summed E-state index contributed by atoms with van der Waals surface area (Å²) < 4.78 is 5.04. The van der Waals surface area contributed by atoms with Crippen molar-refractivity contribution in [3.05, 3.63) is 0 Å². The zero-order valence-electron chi connectivity index (χ0n) is 11.1. The van der Waals surface area contributed by atoms with Crippen LogP contribution >= 0.6 is 0 Å². The van der Waals surface area contributed by atoms with E-state index >= 15 is 0 Å². The van der Waals surface area contributed by atoms with E-state index in [2.05, 4.69) is 12.2 Å². The molecule has 1 fully saturated rings. The van der Waals surface area contributed by atoms with E-state index in [1.807, 2.05) is 0 Å². The van der Waals surface area contributed by atoms with E-state index in [1.54, 1.807) is 0 Å². The fourth-order valence-electron chi connectivity index (χ4n) is 2.56. The maximum atomic E-state index is 11.8. The van der Waals surface area contributed by atoms with Crippen molar-refractivity contribution in [1.29, 1.82) is 0 Å². The van der Waals surface area contributed by atoms with Crippen molar-refractivity contribution in [3.63, 3.8) is 0 Å². The summed E-state index contributed by atoms with van der Waals surface area (Å²) in [5, 5.41) is 3.04. The zero-order chi connectivity index (χ0) is 12.7. The third-order valence-corrected chi connectivity index (χ3v) is 3.77. The van der Waals surface area contributed by atoms with Gasteiger partial charge in [0, 0.05) is 19.7 Å². The molecule has 0 radical (unpaired) electrons. The first-order valence-electron chi connectivity index (χ1n) is 6.72. The molecule has 1 aliphatic rings. The Balaban J connectivity index is 2.40. The first kappa shape index (κ1) is 14.5. The van der Waals surface area contributed by atoms with Gasteiger partial charge in [-0.2, -0.15) is 0 Å². The van der Waals surface area contributed by atoms with E-state index in [4.69, 9.17) is 10.5 Å². The first-order chi connectivity index (χ1) is 8.19. The van der Waals surface area contributed by atoms with Crippen molar-refractivity contribution in [1.82, 2.24) is 5.32 Å². The highest BCUT2D eigenvalue weighted by molar-refractivity contribution is 5.81. The smallest absolute Gasteiger partial charge is 0.250 e. The van der Waals surface area contributed by atoms with E-state index in [9.17, 15) is 4.79 Å². The SMILES string of the molecule is COC(CN)C(=O)N[C@H](C)C1CCCCCC1. The number of rotatable bonds is 5. The molecule has 1 unspecified atom stereocenters. The van der Waals surface area contributed by atoms with Gasteiger partial charge in [0.2, 0.25) is 0 Å². The van der Waals surface area contributed by atoms with Crippen LogP contribution in [0.5, 0.6) is 0 Å². The molecule has 2 atom stereocenters. The first-order valence-corrected chi connectivity index (χ1v) is 6.72. The monoisotopic (exact) mass is 242 g/mol. The molecule has 0 aromatic heterocycles. The molecule has 4 heteroatoms. The normalized spacial score (nSPS) is 21.6. The Morgan fingerprint density at radius 2 is 1.94 bits per heavy atom. The molecule has 0 heterocycles. The van der Waals surface area contributed by atoms with Crippen LogP contribution in [0.25, 0.3) is 0 Å². The summed E-state index contributed by atoms with van der Waals surface area (Å²) in [6, 6.07) is 0.227. The van der Waals surface area contributed by atoms with Gasteiger partial charge >= 0.3 is 0 Å². The van der Waals surface area contributed by atoms with Gasteiger partial charge in [-0.1, -0.05) is 25.7 Å². The fourth-order valence-corrected chi connectivity index (χ4v) is 2.56. The van der Waals surface area contributed by atoms with Crippen LogP contribution in [0.1, 0.15) is 45.4 Å². The Hall–Kier alpha value is -0.610. The Labute approximate surface area is 104 Å². The lowest BCUT2D eigenvalue weighted by atomic mass is 9.93. The Kier molecular flexibility index (Phi) is 6.52. The van der Waals surface area contributed by atoms with E-state index in [1.165, 1.54) is 45.6 Å². The summed E-state index contributed by atoms with van der Waals surface area (Å²) in [5.74, 6) is 0.531. The molecule has 100 valence electrons. The summed E-state index contributed by atoms with van der Waals surface area (Å²) >= 11 is 0. The second-order valence-electron chi connectivity index (χ2n) is 5.01. The third-order valence-electron chi connectivity index (χ3n) is 3.77. The van der Waals surface area contributed by atoms with E-state index < -0.39 is 6.10 Å². The minimum absolute atomic E-state index is 0.0771. The second-order valence-corrected chi connectivity index (χ2v) is 5.01. The van der Waals surface area contributed by atoms with Crippen LogP contribution in [0, 0.1) is 5.92 Å². The number of carbonyl (C=O) groups excluding carboxylic acids is 1. The average molecular weight is 242 g/mol. The van der Waals surface area contributed by atoms with Crippen molar-refractivity contribution in [3.8, 4) is 0 Å². The summed E-state index contributed by atoms with van der Waals surface area (Å²) in [6.45, 7) is 2.33. The molecule has 0 aliphatic heterocycles. The van der Waals surface area contributed by atoms with Crippen LogP contribution in [0.2, 0.25) is 0 Å². The Morgan fingerprint density at radius 3 is 2.41 bits per heavy atom. The minimum atomic E-state index is -0.511. The summed E-state index contributed by atoms with van der Waals surface area (Å²) in [5.41, 5.74) is 5.48. The third kappa shape index (κ3) is 4.64. The summed E-state index contributed by atoms with van der Waals surface area (Å²) in [4.78, 5) is 11.8. The van der Waals surface area contributed by atoms with E-state index in [0.717, 1.165) is 0 Å². The van der Waals surface area contributed by atoms with Gasteiger partial charge in [0.1, 0.15) is 6.10 Å². The van der Waals surface area contributed by atoms with Crippen LogP contribution < -0.4 is 11.1 Å². The molecular weight excluding hydrogens is 216 g/mol. The molecule has 0 bridgehead atoms. The number of ether oxygens (including phenoxy) is 1. The number of nitrogens with two attached hydrogens (primary N) is 1. The molecule has 0 aromatic rings. The Morgan fingerprint density at radius 1 is 1.35 bits per heavy atom.